The average Bonchev–Trinajstić information content (AvgIpc) is 2.18. The number of carbonyl (C=O) groups excluding carboxylic acids is 1. The van der Waals surface area contributed by atoms with Crippen LogP contribution in [0.3, 0.4) is 0 Å². The van der Waals surface area contributed by atoms with E-state index in [-0.39, 0.29) is 12.1 Å². The normalized spacial score (nSPS) is 19.1. The minimum Gasteiger partial charge on any atom is -0.331 e. The van der Waals surface area contributed by atoms with Crippen molar-refractivity contribution in [1.82, 2.24) is 5.32 Å². The molecule has 1 aromatic carbocycles. The number of amides is 2. The molecule has 2 N–H and O–H groups in total. The highest BCUT2D eigenvalue weighted by Gasteiger charge is 2.21. The van der Waals surface area contributed by atoms with Crippen molar-refractivity contribution in [3.05, 3.63) is 42.5 Å². The van der Waals surface area contributed by atoms with Crippen LogP contribution >= 0.6 is 0 Å². The van der Waals surface area contributed by atoms with E-state index >= 15 is 0 Å². The Labute approximate surface area is 82.8 Å². The number of hydrogen-bond donors (Lipinski definition) is 2. The molecule has 1 aliphatic rings. The number of nitrogens with one attached hydrogen (secondary N) is 2. The number of anilines is 1. The Morgan fingerprint density at radius 1 is 1.43 bits per heavy atom. The molecule has 1 unspecified atom stereocenters. The highest BCUT2D eigenvalue weighted by Crippen LogP contribution is 2.28. The third kappa shape index (κ3) is 1.48. The van der Waals surface area contributed by atoms with Crippen LogP contribution in [0.4, 0.5) is 10.5 Å². The van der Waals surface area contributed by atoms with Gasteiger partial charge in [-0.25, -0.2) is 4.79 Å². The molecule has 0 aliphatic carbocycles. The van der Waals surface area contributed by atoms with E-state index in [4.69, 9.17) is 0 Å². The monoisotopic (exact) mass is 188 g/mol. The number of benzene rings is 1. The van der Waals surface area contributed by atoms with Gasteiger partial charge in [0.15, 0.2) is 0 Å². The zero-order valence-electron chi connectivity index (χ0n) is 7.79. The van der Waals surface area contributed by atoms with Crippen LogP contribution in [-0.4, -0.2) is 6.03 Å². The molecule has 0 saturated carbocycles. The quantitative estimate of drug-likeness (QED) is 0.687. The van der Waals surface area contributed by atoms with Crippen molar-refractivity contribution in [3.63, 3.8) is 0 Å². The van der Waals surface area contributed by atoms with Gasteiger partial charge in [-0.05, 0) is 18.1 Å². The highest BCUT2D eigenvalue weighted by atomic mass is 16.2. The summed E-state index contributed by atoms with van der Waals surface area (Å²) in [5.41, 5.74) is 2.01. The molecule has 14 heavy (non-hydrogen) atoms. The van der Waals surface area contributed by atoms with Crippen molar-refractivity contribution in [2.45, 2.75) is 12.5 Å². The van der Waals surface area contributed by atoms with Crippen LogP contribution in [-0.2, 0) is 0 Å². The second-order valence-electron chi connectivity index (χ2n) is 3.26. The fourth-order valence-electron chi connectivity index (χ4n) is 1.66. The maximum atomic E-state index is 11.3. The molecular weight excluding hydrogens is 176 g/mol. The fourth-order valence-corrected chi connectivity index (χ4v) is 1.66. The number of fused-ring (bicyclic) bond motifs is 1. The van der Waals surface area contributed by atoms with E-state index in [0.29, 0.717) is 0 Å². The molecule has 0 fully saturated rings. The first-order chi connectivity index (χ1) is 6.81. The van der Waals surface area contributed by atoms with Crippen LogP contribution in [0, 0.1) is 0 Å². The fraction of sp³-hybridized carbons (Fsp3) is 0.182. The molecule has 3 heteroatoms. The Balaban J connectivity index is 2.37. The lowest BCUT2D eigenvalue weighted by molar-refractivity contribution is 0.247. The van der Waals surface area contributed by atoms with Gasteiger partial charge in [0.25, 0.3) is 0 Å². The molecule has 2 amide bonds. The van der Waals surface area contributed by atoms with E-state index in [9.17, 15) is 4.79 Å². The maximum Gasteiger partial charge on any atom is 0.319 e. The van der Waals surface area contributed by atoms with Crippen molar-refractivity contribution in [2.75, 3.05) is 5.32 Å². The van der Waals surface area contributed by atoms with Gasteiger partial charge in [0.1, 0.15) is 0 Å². The molecule has 1 heterocycles. The van der Waals surface area contributed by atoms with Gasteiger partial charge in [0.05, 0.1) is 6.04 Å². The van der Waals surface area contributed by atoms with Crippen molar-refractivity contribution in [3.8, 4) is 0 Å². The first kappa shape index (κ1) is 8.81. The topological polar surface area (TPSA) is 41.1 Å². The van der Waals surface area contributed by atoms with E-state index in [1.165, 1.54) is 0 Å². The van der Waals surface area contributed by atoms with Crippen LogP contribution in [0.2, 0.25) is 0 Å². The summed E-state index contributed by atoms with van der Waals surface area (Å²) in [5, 5.41) is 5.62. The van der Waals surface area contributed by atoms with E-state index < -0.39 is 0 Å². The minimum atomic E-state index is -0.143. The molecule has 72 valence electrons. The lowest BCUT2D eigenvalue weighted by Crippen LogP contribution is -2.37. The minimum absolute atomic E-state index is 0.0532. The summed E-state index contributed by atoms with van der Waals surface area (Å²) < 4.78 is 0. The van der Waals surface area contributed by atoms with Crippen LogP contribution in [0.5, 0.6) is 0 Å². The van der Waals surface area contributed by atoms with Crippen LogP contribution in [0.25, 0.3) is 0 Å². The SMILES string of the molecule is C=CCC1NC(=O)Nc2ccccc21. The Kier molecular flexibility index (Phi) is 2.23. The third-order valence-electron chi connectivity index (χ3n) is 2.29. The summed E-state index contributed by atoms with van der Waals surface area (Å²) in [5.74, 6) is 0. The van der Waals surface area contributed by atoms with E-state index in [0.717, 1.165) is 17.7 Å². The summed E-state index contributed by atoms with van der Waals surface area (Å²) in [7, 11) is 0. The molecule has 1 aromatic rings. The zero-order chi connectivity index (χ0) is 9.97. The third-order valence-corrected chi connectivity index (χ3v) is 2.29. The van der Waals surface area contributed by atoms with Gasteiger partial charge < -0.3 is 10.6 Å². The van der Waals surface area contributed by atoms with Gasteiger partial charge in [-0.1, -0.05) is 24.3 Å². The van der Waals surface area contributed by atoms with Gasteiger partial charge >= 0.3 is 6.03 Å². The molecule has 1 aliphatic heterocycles. The Morgan fingerprint density at radius 3 is 3.00 bits per heavy atom. The summed E-state index contributed by atoms with van der Waals surface area (Å²) in [4.78, 5) is 11.3. The number of urea groups is 1. The lowest BCUT2D eigenvalue weighted by atomic mass is 10.00. The first-order valence-corrected chi connectivity index (χ1v) is 4.58. The molecule has 0 aromatic heterocycles. The van der Waals surface area contributed by atoms with Gasteiger partial charge in [0, 0.05) is 5.69 Å². The average molecular weight is 188 g/mol. The van der Waals surface area contributed by atoms with Crippen molar-refractivity contribution in [2.24, 2.45) is 0 Å². The molecule has 3 nitrogen and oxygen atoms in total. The Bertz CT molecular complexity index is 373. The van der Waals surface area contributed by atoms with Crippen LogP contribution < -0.4 is 10.6 Å². The van der Waals surface area contributed by atoms with Gasteiger partial charge in [-0.15, -0.1) is 6.58 Å². The second-order valence-corrected chi connectivity index (χ2v) is 3.26. The number of rotatable bonds is 2. The van der Waals surface area contributed by atoms with Crippen LogP contribution in [0.1, 0.15) is 18.0 Å². The van der Waals surface area contributed by atoms with Crippen molar-refractivity contribution in [1.29, 1.82) is 0 Å². The predicted octanol–water partition coefficient (Wildman–Crippen LogP) is 2.44. The summed E-state index contributed by atoms with van der Waals surface area (Å²) in [6.07, 6.45) is 2.57. The number of hydrogen-bond acceptors (Lipinski definition) is 1. The molecule has 0 bridgehead atoms. The molecule has 0 spiro atoms. The molecular formula is C11H12N2O. The smallest absolute Gasteiger partial charge is 0.319 e. The lowest BCUT2D eigenvalue weighted by Gasteiger charge is -2.26. The number of carbonyl (C=O) groups is 1. The summed E-state index contributed by atoms with van der Waals surface area (Å²) in [6.45, 7) is 3.68. The molecule has 0 radical (unpaired) electrons. The summed E-state index contributed by atoms with van der Waals surface area (Å²) >= 11 is 0. The highest BCUT2D eigenvalue weighted by molar-refractivity contribution is 5.92. The number of para-hydroxylation sites is 1. The van der Waals surface area contributed by atoms with Crippen molar-refractivity contribution < 1.29 is 4.79 Å². The maximum absolute atomic E-state index is 11.3. The van der Waals surface area contributed by atoms with Crippen LogP contribution in [0.15, 0.2) is 36.9 Å². The van der Waals surface area contributed by atoms with E-state index in [2.05, 4.69) is 17.2 Å². The second kappa shape index (κ2) is 3.54. The van der Waals surface area contributed by atoms with Gasteiger partial charge in [0.2, 0.25) is 0 Å². The molecule has 0 saturated heterocycles. The van der Waals surface area contributed by atoms with Gasteiger partial charge in [-0.3, -0.25) is 0 Å². The van der Waals surface area contributed by atoms with E-state index in [1.807, 2.05) is 30.3 Å². The van der Waals surface area contributed by atoms with E-state index in [1.54, 1.807) is 0 Å². The standard InChI is InChI=1S/C11H12N2O/c1-2-5-9-8-6-3-4-7-10(8)13-11(14)12-9/h2-4,6-7,9H,1,5H2,(H2,12,13,14). The van der Waals surface area contributed by atoms with Crippen molar-refractivity contribution >= 4 is 11.7 Å². The predicted molar refractivity (Wildman–Crippen MR) is 56.2 cm³/mol. The largest absolute Gasteiger partial charge is 0.331 e. The molecule has 2 rings (SSSR count). The van der Waals surface area contributed by atoms with Gasteiger partial charge in [-0.2, -0.15) is 0 Å². The Hall–Kier alpha value is -1.77. The first-order valence-electron chi connectivity index (χ1n) is 4.58. The molecule has 1 atom stereocenters. The Morgan fingerprint density at radius 2 is 2.21 bits per heavy atom. The zero-order valence-corrected chi connectivity index (χ0v) is 7.79. The summed E-state index contributed by atoms with van der Waals surface area (Å²) in [6, 6.07) is 7.71.